The zero-order chi connectivity index (χ0) is 9.07. The molecule has 0 amide bonds. The van der Waals surface area contributed by atoms with Crippen LogP contribution >= 0.6 is 0 Å². The summed E-state index contributed by atoms with van der Waals surface area (Å²) in [4.78, 5) is 0. The van der Waals surface area contributed by atoms with E-state index in [0.29, 0.717) is 0 Å². The maximum absolute atomic E-state index is 12.0. The second-order valence-corrected chi connectivity index (χ2v) is 2.90. The Labute approximate surface area is 64.5 Å². The standard InChI is InChI=1S/C7H13F3O/c1-5(2)4-6(11-3)7(8,9)10/h5-6H,4H2,1-3H3. The molecule has 68 valence electrons. The number of halogens is 3. The molecule has 0 aliphatic rings. The fraction of sp³-hybridized carbons (Fsp3) is 1.00. The first-order chi connectivity index (χ1) is 4.88. The molecule has 0 aromatic carbocycles. The number of ether oxygens (including phenoxy) is 1. The van der Waals surface area contributed by atoms with Crippen LogP contribution in [-0.4, -0.2) is 19.4 Å². The predicted octanol–water partition coefficient (Wildman–Crippen LogP) is 2.61. The quantitative estimate of drug-likeness (QED) is 0.632. The molecule has 0 bridgehead atoms. The highest BCUT2D eigenvalue weighted by molar-refractivity contribution is 4.68. The first-order valence-electron chi connectivity index (χ1n) is 3.47. The van der Waals surface area contributed by atoms with Gasteiger partial charge in [0.25, 0.3) is 0 Å². The number of alkyl halides is 3. The van der Waals surface area contributed by atoms with E-state index in [2.05, 4.69) is 4.74 Å². The van der Waals surface area contributed by atoms with Gasteiger partial charge in [0.2, 0.25) is 0 Å². The molecule has 0 rings (SSSR count). The Balaban J connectivity index is 3.96. The SMILES string of the molecule is COC(CC(C)C)C(F)(F)F. The van der Waals surface area contributed by atoms with E-state index >= 15 is 0 Å². The van der Waals surface area contributed by atoms with E-state index in [1.54, 1.807) is 13.8 Å². The Kier molecular flexibility index (Phi) is 3.86. The van der Waals surface area contributed by atoms with Crippen molar-refractivity contribution in [1.29, 1.82) is 0 Å². The molecule has 0 saturated carbocycles. The summed E-state index contributed by atoms with van der Waals surface area (Å²) in [6.07, 6.45) is -5.80. The van der Waals surface area contributed by atoms with Crippen molar-refractivity contribution in [3.8, 4) is 0 Å². The molecule has 0 aliphatic carbocycles. The largest absolute Gasteiger partial charge is 0.414 e. The lowest BCUT2D eigenvalue weighted by Gasteiger charge is -2.19. The molecule has 0 aliphatic heterocycles. The lowest BCUT2D eigenvalue weighted by atomic mass is 10.1. The second kappa shape index (κ2) is 3.95. The first kappa shape index (κ1) is 10.8. The number of hydrogen-bond acceptors (Lipinski definition) is 1. The summed E-state index contributed by atoms with van der Waals surface area (Å²) < 4.78 is 40.2. The van der Waals surface area contributed by atoms with Gasteiger partial charge in [0.05, 0.1) is 0 Å². The molecule has 1 unspecified atom stereocenters. The first-order valence-corrected chi connectivity index (χ1v) is 3.47. The van der Waals surface area contributed by atoms with Crippen LogP contribution in [0.4, 0.5) is 13.2 Å². The third-order valence-electron chi connectivity index (χ3n) is 1.34. The van der Waals surface area contributed by atoms with Crippen molar-refractivity contribution in [2.75, 3.05) is 7.11 Å². The van der Waals surface area contributed by atoms with Crippen LogP contribution in [0.3, 0.4) is 0 Å². The summed E-state index contributed by atoms with van der Waals surface area (Å²) >= 11 is 0. The molecule has 1 nitrogen and oxygen atoms in total. The maximum atomic E-state index is 12.0. The minimum absolute atomic E-state index is 0.00146. The molecule has 4 heteroatoms. The van der Waals surface area contributed by atoms with E-state index in [1.165, 1.54) is 0 Å². The summed E-state index contributed by atoms with van der Waals surface area (Å²) in [6.45, 7) is 3.47. The smallest absolute Gasteiger partial charge is 0.372 e. The zero-order valence-corrected chi connectivity index (χ0v) is 6.90. The molecule has 1 atom stereocenters. The van der Waals surface area contributed by atoms with Gasteiger partial charge in [0.1, 0.15) is 0 Å². The average Bonchev–Trinajstić information content (AvgIpc) is 1.79. The van der Waals surface area contributed by atoms with Crippen LogP contribution in [0, 0.1) is 5.92 Å². The zero-order valence-electron chi connectivity index (χ0n) is 6.90. The van der Waals surface area contributed by atoms with Gasteiger partial charge in [-0.1, -0.05) is 13.8 Å². The fourth-order valence-corrected chi connectivity index (χ4v) is 0.792. The Bertz CT molecular complexity index is 109. The van der Waals surface area contributed by atoms with Gasteiger partial charge >= 0.3 is 6.18 Å². The van der Waals surface area contributed by atoms with E-state index in [1.807, 2.05) is 0 Å². The van der Waals surface area contributed by atoms with Crippen molar-refractivity contribution < 1.29 is 17.9 Å². The van der Waals surface area contributed by atoms with Crippen molar-refractivity contribution in [3.05, 3.63) is 0 Å². The molecule has 0 N–H and O–H groups in total. The topological polar surface area (TPSA) is 9.23 Å². The third kappa shape index (κ3) is 4.24. The number of methoxy groups -OCH3 is 1. The van der Waals surface area contributed by atoms with Gasteiger partial charge in [0, 0.05) is 7.11 Å². The average molecular weight is 170 g/mol. The van der Waals surface area contributed by atoms with Crippen LogP contribution in [0.1, 0.15) is 20.3 Å². The summed E-state index contributed by atoms with van der Waals surface area (Å²) in [5.74, 6) is 0.00146. The van der Waals surface area contributed by atoms with Crippen molar-refractivity contribution in [1.82, 2.24) is 0 Å². The minimum Gasteiger partial charge on any atom is -0.372 e. The van der Waals surface area contributed by atoms with Gasteiger partial charge in [-0.3, -0.25) is 0 Å². The molecule has 0 aromatic heterocycles. The van der Waals surface area contributed by atoms with E-state index in [4.69, 9.17) is 0 Å². The summed E-state index contributed by atoms with van der Waals surface area (Å²) in [5, 5.41) is 0. The highest BCUT2D eigenvalue weighted by Gasteiger charge is 2.39. The molecule has 0 aromatic rings. The Morgan fingerprint density at radius 1 is 1.27 bits per heavy atom. The van der Waals surface area contributed by atoms with Crippen molar-refractivity contribution in [3.63, 3.8) is 0 Å². The molecular formula is C7H13F3O. The van der Waals surface area contributed by atoms with Crippen LogP contribution in [0.25, 0.3) is 0 Å². The van der Waals surface area contributed by atoms with Crippen LogP contribution < -0.4 is 0 Å². The van der Waals surface area contributed by atoms with E-state index in [9.17, 15) is 13.2 Å². The molecule has 0 fully saturated rings. The van der Waals surface area contributed by atoms with Crippen LogP contribution in [-0.2, 0) is 4.74 Å². The van der Waals surface area contributed by atoms with E-state index < -0.39 is 12.3 Å². The Morgan fingerprint density at radius 3 is 1.82 bits per heavy atom. The molecular weight excluding hydrogens is 157 g/mol. The molecule has 0 radical (unpaired) electrons. The fourth-order valence-electron chi connectivity index (χ4n) is 0.792. The molecule has 0 saturated heterocycles. The van der Waals surface area contributed by atoms with Crippen LogP contribution in [0.2, 0.25) is 0 Å². The van der Waals surface area contributed by atoms with Gasteiger partial charge in [0.15, 0.2) is 6.10 Å². The third-order valence-corrected chi connectivity index (χ3v) is 1.34. The van der Waals surface area contributed by atoms with Crippen molar-refractivity contribution in [2.45, 2.75) is 32.5 Å². The van der Waals surface area contributed by atoms with Gasteiger partial charge in [-0.25, -0.2) is 0 Å². The van der Waals surface area contributed by atoms with Crippen molar-refractivity contribution >= 4 is 0 Å². The minimum atomic E-state index is -4.22. The maximum Gasteiger partial charge on any atom is 0.414 e. The van der Waals surface area contributed by atoms with Gasteiger partial charge in [-0.15, -0.1) is 0 Å². The second-order valence-electron chi connectivity index (χ2n) is 2.90. The van der Waals surface area contributed by atoms with Gasteiger partial charge < -0.3 is 4.74 Å². The summed E-state index contributed by atoms with van der Waals surface area (Å²) in [5.41, 5.74) is 0. The van der Waals surface area contributed by atoms with Gasteiger partial charge in [-0.05, 0) is 12.3 Å². The highest BCUT2D eigenvalue weighted by atomic mass is 19.4. The number of rotatable bonds is 3. The predicted molar refractivity (Wildman–Crippen MR) is 36.3 cm³/mol. The van der Waals surface area contributed by atoms with E-state index in [0.717, 1.165) is 7.11 Å². The Hall–Kier alpha value is -0.250. The molecule has 0 heterocycles. The highest BCUT2D eigenvalue weighted by Crippen LogP contribution is 2.26. The number of hydrogen-bond donors (Lipinski definition) is 0. The summed E-state index contributed by atoms with van der Waals surface area (Å²) in [6, 6.07) is 0. The van der Waals surface area contributed by atoms with E-state index in [-0.39, 0.29) is 12.3 Å². The normalized spacial score (nSPS) is 15.5. The summed E-state index contributed by atoms with van der Waals surface area (Å²) in [7, 11) is 1.08. The van der Waals surface area contributed by atoms with Crippen LogP contribution in [0.5, 0.6) is 0 Å². The lowest BCUT2D eigenvalue weighted by molar-refractivity contribution is -0.216. The molecule has 0 spiro atoms. The van der Waals surface area contributed by atoms with Crippen LogP contribution in [0.15, 0.2) is 0 Å². The molecule has 11 heavy (non-hydrogen) atoms. The Morgan fingerprint density at radius 2 is 1.73 bits per heavy atom. The van der Waals surface area contributed by atoms with Crippen molar-refractivity contribution in [2.24, 2.45) is 5.92 Å². The lowest BCUT2D eigenvalue weighted by Crippen LogP contribution is -2.31. The van der Waals surface area contributed by atoms with Gasteiger partial charge in [-0.2, -0.15) is 13.2 Å². The monoisotopic (exact) mass is 170 g/mol.